The van der Waals surface area contributed by atoms with E-state index in [1.807, 2.05) is 0 Å². The van der Waals surface area contributed by atoms with E-state index in [-0.39, 0.29) is 16.8 Å². The van der Waals surface area contributed by atoms with Crippen LogP contribution in [0.5, 0.6) is 0 Å². The largest absolute Gasteiger partial charge is 0.324 e. The summed E-state index contributed by atoms with van der Waals surface area (Å²) < 4.78 is 22.8. The van der Waals surface area contributed by atoms with Crippen LogP contribution in [-0.4, -0.2) is 26.9 Å². The van der Waals surface area contributed by atoms with Crippen molar-refractivity contribution in [3.8, 4) is 0 Å². The van der Waals surface area contributed by atoms with Crippen molar-refractivity contribution in [2.75, 3.05) is 11.9 Å². The first-order valence-electron chi connectivity index (χ1n) is 6.95. The van der Waals surface area contributed by atoms with Crippen molar-refractivity contribution in [1.29, 1.82) is 0 Å². The zero-order valence-corrected chi connectivity index (χ0v) is 13.0. The number of nitrogens with one attached hydrogen (secondary N) is 2. The smallest absolute Gasteiger partial charge is 0.241 e. The molecule has 0 spiro atoms. The van der Waals surface area contributed by atoms with Gasteiger partial charge in [0, 0.05) is 5.69 Å². The lowest BCUT2D eigenvalue weighted by Gasteiger charge is -2.27. The molecule has 0 bridgehead atoms. The molecule has 1 aromatic carbocycles. The number of piperidine rings is 1. The van der Waals surface area contributed by atoms with Crippen LogP contribution in [0, 0.1) is 12.8 Å². The predicted molar refractivity (Wildman–Crippen MR) is 81.4 cm³/mol. The second kappa shape index (κ2) is 6.13. The minimum absolute atomic E-state index is 0.00614. The fourth-order valence-corrected chi connectivity index (χ4v) is 2.98. The lowest BCUT2D eigenvalue weighted by molar-refractivity contribution is -0.119. The number of hydrogen-bond donors (Lipinski definition) is 3. The van der Waals surface area contributed by atoms with Gasteiger partial charge in [-0.3, -0.25) is 4.79 Å². The molecule has 1 fully saturated rings. The Morgan fingerprint density at radius 1 is 1.43 bits per heavy atom. The molecule has 7 heteroatoms. The highest BCUT2D eigenvalue weighted by molar-refractivity contribution is 7.89. The molecule has 1 heterocycles. The van der Waals surface area contributed by atoms with E-state index in [9.17, 15) is 13.2 Å². The number of carbonyl (C=O) groups excluding carboxylic acids is 1. The average Bonchev–Trinajstić information content (AvgIpc) is 2.40. The van der Waals surface area contributed by atoms with Crippen LogP contribution < -0.4 is 15.8 Å². The van der Waals surface area contributed by atoms with E-state index in [2.05, 4.69) is 17.6 Å². The topological polar surface area (TPSA) is 101 Å². The maximum absolute atomic E-state index is 12.3. The standard InChI is InChI=1S/C14H21N3O3S/c1-9-5-6-16-13(7-9)14(18)17-12-8-11(21(15,19)20)4-3-10(12)2/h3-4,8-9,13,16H,5-7H2,1-2H3,(H,17,18)(H2,15,19,20). The Bertz CT molecular complexity index is 643. The Kier molecular flexibility index (Phi) is 4.65. The summed E-state index contributed by atoms with van der Waals surface area (Å²) in [6, 6.07) is 4.22. The van der Waals surface area contributed by atoms with Gasteiger partial charge < -0.3 is 10.6 Å². The van der Waals surface area contributed by atoms with Crippen LogP contribution in [0.2, 0.25) is 0 Å². The summed E-state index contributed by atoms with van der Waals surface area (Å²) in [6.07, 6.45) is 1.84. The predicted octanol–water partition coefficient (Wildman–Crippen LogP) is 0.969. The van der Waals surface area contributed by atoms with Crippen LogP contribution >= 0.6 is 0 Å². The van der Waals surface area contributed by atoms with E-state index >= 15 is 0 Å². The minimum Gasteiger partial charge on any atom is -0.324 e. The Balaban J connectivity index is 2.17. The molecule has 1 aliphatic heterocycles. The summed E-state index contributed by atoms with van der Waals surface area (Å²) >= 11 is 0. The van der Waals surface area contributed by atoms with Gasteiger partial charge in [0.05, 0.1) is 10.9 Å². The van der Waals surface area contributed by atoms with Crippen LogP contribution in [0.25, 0.3) is 0 Å². The summed E-state index contributed by atoms with van der Waals surface area (Å²) in [6.45, 7) is 4.74. The Labute approximate surface area is 125 Å². The van der Waals surface area contributed by atoms with Crippen LogP contribution in [0.1, 0.15) is 25.3 Å². The van der Waals surface area contributed by atoms with E-state index in [4.69, 9.17) is 5.14 Å². The molecule has 116 valence electrons. The van der Waals surface area contributed by atoms with Crippen molar-refractivity contribution in [2.24, 2.45) is 11.1 Å². The molecule has 6 nitrogen and oxygen atoms in total. The molecular weight excluding hydrogens is 290 g/mol. The number of amides is 1. The first-order chi connectivity index (χ1) is 9.77. The Morgan fingerprint density at radius 2 is 2.14 bits per heavy atom. The van der Waals surface area contributed by atoms with Gasteiger partial charge in [0.25, 0.3) is 0 Å². The summed E-state index contributed by atoms with van der Waals surface area (Å²) in [5.74, 6) is 0.357. The zero-order chi connectivity index (χ0) is 15.6. The first kappa shape index (κ1) is 15.9. The Hall–Kier alpha value is -1.44. The molecule has 21 heavy (non-hydrogen) atoms. The molecular formula is C14H21N3O3S. The number of nitrogens with two attached hydrogens (primary N) is 1. The molecule has 2 unspecified atom stereocenters. The van der Waals surface area contributed by atoms with E-state index in [0.717, 1.165) is 24.9 Å². The summed E-state index contributed by atoms with van der Waals surface area (Å²) in [5, 5.41) is 11.1. The van der Waals surface area contributed by atoms with Gasteiger partial charge in [-0.2, -0.15) is 0 Å². The third-order valence-corrected chi connectivity index (χ3v) is 4.69. The van der Waals surface area contributed by atoms with Crippen molar-refractivity contribution in [1.82, 2.24) is 5.32 Å². The number of aryl methyl sites for hydroxylation is 1. The molecule has 1 saturated heterocycles. The van der Waals surface area contributed by atoms with Crippen molar-refractivity contribution in [3.05, 3.63) is 23.8 Å². The van der Waals surface area contributed by atoms with Crippen molar-refractivity contribution in [2.45, 2.75) is 37.6 Å². The highest BCUT2D eigenvalue weighted by atomic mass is 32.2. The lowest BCUT2D eigenvalue weighted by Crippen LogP contribution is -2.45. The number of carbonyl (C=O) groups is 1. The molecule has 1 aromatic rings. The summed E-state index contributed by atoms with van der Waals surface area (Å²) in [7, 11) is -3.78. The number of primary sulfonamides is 1. The molecule has 0 aromatic heterocycles. The molecule has 4 N–H and O–H groups in total. The number of rotatable bonds is 3. The van der Waals surface area contributed by atoms with Gasteiger partial charge in [0.1, 0.15) is 0 Å². The van der Waals surface area contributed by atoms with Gasteiger partial charge in [-0.1, -0.05) is 13.0 Å². The molecule has 0 radical (unpaired) electrons. The first-order valence-corrected chi connectivity index (χ1v) is 8.49. The minimum atomic E-state index is -3.78. The molecule has 0 aliphatic carbocycles. The monoisotopic (exact) mass is 311 g/mol. The van der Waals surface area contributed by atoms with Crippen molar-refractivity contribution in [3.63, 3.8) is 0 Å². The third kappa shape index (κ3) is 4.03. The van der Waals surface area contributed by atoms with E-state index in [1.54, 1.807) is 13.0 Å². The fourth-order valence-electron chi connectivity index (χ4n) is 2.44. The summed E-state index contributed by atoms with van der Waals surface area (Å²) in [5.41, 5.74) is 1.27. The summed E-state index contributed by atoms with van der Waals surface area (Å²) in [4.78, 5) is 12.3. The molecule has 2 atom stereocenters. The van der Waals surface area contributed by atoms with E-state index < -0.39 is 10.0 Å². The number of benzene rings is 1. The lowest BCUT2D eigenvalue weighted by atomic mass is 9.94. The van der Waals surface area contributed by atoms with Gasteiger partial charge in [-0.25, -0.2) is 13.6 Å². The van der Waals surface area contributed by atoms with Gasteiger partial charge in [0.2, 0.25) is 15.9 Å². The highest BCUT2D eigenvalue weighted by Gasteiger charge is 2.25. The van der Waals surface area contributed by atoms with E-state index in [1.165, 1.54) is 12.1 Å². The van der Waals surface area contributed by atoms with Crippen LogP contribution in [0.4, 0.5) is 5.69 Å². The van der Waals surface area contributed by atoms with Crippen molar-refractivity contribution < 1.29 is 13.2 Å². The normalized spacial score (nSPS) is 22.8. The average molecular weight is 311 g/mol. The molecule has 0 saturated carbocycles. The second-order valence-corrected chi connectivity index (χ2v) is 7.21. The highest BCUT2D eigenvalue weighted by Crippen LogP contribution is 2.21. The van der Waals surface area contributed by atoms with Crippen LogP contribution in [0.15, 0.2) is 23.1 Å². The van der Waals surface area contributed by atoms with Crippen molar-refractivity contribution >= 4 is 21.6 Å². The van der Waals surface area contributed by atoms with Crippen LogP contribution in [0.3, 0.4) is 0 Å². The zero-order valence-electron chi connectivity index (χ0n) is 12.2. The van der Waals surface area contributed by atoms with Crippen LogP contribution in [-0.2, 0) is 14.8 Å². The second-order valence-electron chi connectivity index (χ2n) is 5.65. The Morgan fingerprint density at radius 3 is 2.76 bits per heavy atom. The maximum Gasteiger partial charge on any atom is 0.241 e. The quantitative estimate of drug-likeness (QED) is 0.774. The molecule has 1 aliphatic rings. The number of sulfonamides is 1. The van der Waals surface area contributed by atoms with E-state index in [0.29, 0.717) is 11.6 Å². The van der Waals surface area contributed by atoms with Gasteiger partial charge in [-0.05, 0) is 49.9 Å². The molecule has 1 amide bonds. The third-order valence-electron chi connectivity index (χ3n) is 3.78. The SMILES string of the molecule is Cc1ccc(S(N)(=O)=O)cc1NC(=O)C1CC(C)CCN1. The fraction of sp³-hybridized carbons (Fsp3) is 0.500. The number of anilines is 1. The number of hydrogen-bond acceptors (Lipinski definition) is 4. The van der Waals surface area contributed by atoms with Gasteiger partial charge in [0.15, 0.2) is 0 Å². The van der Waals surface area contributed by atoms with Gasteiger partial charge in [-0.15, -0.1) is 0 Å². The van der Waals surface area contributed by atoms with Gasteiger partial charge >= 0.3 is 0 Å². The maximum atomic E-state index is 12.3. The molecule has 2 rings (SSSR count).